The van der Waals surface area contributed by atoms with Gasteiger partial charge in [0.15, 0.2) is 0 Å². The maximum Gasteiger partial charge on any atom is 0.274 e. The Hall–Kier alpha value is -3.34. The molecule has 3 rings (SSSR count). The number of furan rings is 1. The van der Waals surface area contributed by atoms with Crippen molar-refractivity contribution in [2.24, 2.45) is 5.10 Å². The number of aryl methyl sites for hydroxylation is 1. The third-order valence-electron chi connectivity index (χ3n) is 3.94. The molecule has 0 spiro atoms. The molecule has 1 aromatic heterocycles. The number of rotatable bonds is 6. The van der Waals surface area contributed by atoms with Gasteiger partial charge >= 0.3 is 0 Å². The molecule has 1 amide bonds. The molecule has 0 unspecified atom stereocenters. The number of nitrogens with zero attached hydrogens (tertiary/aromatic N) is 1. The van der Waals surface area contributed by atoms with Gasteiger partial charge in [0, 0.05) is 5.56 Å². The van der Waals surface area contributed by atoms with Crippen LogP contribution in [0.2, 0.25) is 0 Å². The zero-order valence-corrected chi connectivity index (χ0v) is 14.7. The molecule has 0 aliphatic rings. The van der Waals surface area contributed by atoms with Crippen LogP contribution in [0.25, 0.3) is 0 Å². The predicted molar refractivity (Wildman–Crippen MR) is 100 cm³/mol. The second-order valence-corrected chi connectivity index (χ2v) is 5.80. The van der Waals surface area contributed by atoms with E-state index in [4.69, 9.17) is 9.15 Å². The van der Waals surface area contributed by atoms with Crippen LogP contribution in [0.3, 0.4) is 0 Å². The first kappa shape index (κ1) is 17.5. The summed E-state index contributed by atoms with van der Waals surface area (Å²) in [5.41, 5.74) is 5.59. The number of nitrogens with one attached hydrogen (secondary N) is 1. The molecule has 0 aliphatic carbocycles. The highest BCUT2D eigenvalue weighted by molar-refractivity contribution is 6.02. The molecule has 132 valence electrons. The highest BCUT2D eigenvalue weighted by Crippen LogP contribution is 2.20. The van der Waals surface area contributed by atoms with E-state index in [9.17, 15) is 4.79 Å². The van der Waals surface area contributed by atoms with Gasteiger partial charge in [0.25, 0.3) is 5.91 Å². The number of para-hydroxylation sites is 1. The summed E-state index contributed by atoms with van der Waals surface area (Å²) in [5, 5.41) is 4.20. The van der Waals surface area contributed by atoms with Crippen LogP contribution in [0, 0.1) is 6.92 Å². The summed E-state index contributed by atoms with van der Waals surface area (Å²) in [7, 11) is 0. The van der Waals surface area contributed by atoms with Crippen molar-refractivity contribution in [3.05, 3.63) is 89.4 Å². The smallest absolute Gasteiger partial charge is 0.274 e. The lowest BCUT2D eigenvalue weighted by Gasteiger charge is -2.11. The van der Waals surface area contributed by atoms with Crippen molar-refractivity contribution in [2.45, 2.75) is 20.5 Å². The van der Waals surface area contributed by atoms with Crippen molar-refractivity contribution >= 4 is 11.6 Å². The van der Waals surface area contributed by atoms with Crippen LogP contribution in [0.5, 0.6) is 5.75 Å². The fraction of sp³-hybridized carbons (Fsp3) is 0.143. The van der Waals surface area contributed by atoms with Gasteiger partial charge < -0.3 is 9.15 Å². The highest BCUT2D eigenvalue weighted by Gasteiger charge is 2.12. The van der Waals surface area contributed by atoms with E-state index in [0.29, 0.717) is 29.4 Å². The molecule has 0 saturated carbocycles. The minimum Gasteiger partial charge on any atom is -0.488 e. The molecule has 0 aliphatic heterocycles. The Labute approximate surface area is 152 Å². The Morgan fingerprint density at radius 3 is 2.50 bits per heavy atom. The standard InChI is InChI=1S/C21H20N2O3/c1-15(22-23-21(24)19-12-13-25-16(19)2)18-10-6-7-11-20(18)26-14-17-8-4-3-5-9-17/h3-13H,14H2,1-2H3,(H,23,24)/b22-15-. The summed E-state index contributed by atoms with van der Waals surface area (Å²) in [5.74, 6) is 0.964. The molecule has 3 aromatic rings. The number of hydrazone groups is 1. The van der Waals surface area contributed by atoms with E-state index in [1.165, 1.54) is 6.26 Å². The highest BCUT2D eigenvalue weighted by atomic mass is 16.5. The Morgan fingerprint density at radius 1 is 1.04 bits per heavy atom. The summed E-state index contributed by atoms with van der Waals surface area (Å²) in [6.07, 6.45) is 1.48. The molecule has 1 heterocycles. The maximum absolute atomic E-state index is 12.1. The third kappa shape index (κ3) is 4.19. The fourth-order valence-corrected chi connectivity index (χ4v) is 2.50. The van der Waals surface area contributed by atoms with E-state index in [0.717, 1.165) is 11.1 Å². The van der Waals surface area contributed by atoms with Crippen molar-refractivity contribution in [3.8, 4) is 5.75 Å². The monoisotopic (exact) mass is 348 g/mol. The van der Waals surface area contributed by atoms with Crippen LogP contribution in [0.15, 0.2) is 76.4 Å². The normalized spacial score (nSPS) is 11.2. The van der Waals surface area contributed by atoms with Gasteiger partial charge in [-0.3, -0.25) is 4.79 Å². The average Bonchev–Trinajstić information content (AvgIpc) is 3.11. The largest absolute Gasteiger partial charge is 0.488 e. The van der Waals surface area contributed by atoms with Crippen molar-refractivity contribution in [2.75, 3.05) is 0 Å². The molecule has 0 saturated heterocycles. The lowest BCUT2D eigenvalue weighted by atomic mass is 10.1. The van der Waals surface area contributed by atoms with Gasteiger partial charge in [0.1, 0.15) is 18.1 Å². The first-order valence-corrected chi connectivity index (χ1v) is 8.30. The Balaban J connectivity index is 1.72. The van der Waals surface area contributed by atoms with Gasteiger partial charge in [-0.25, -0.2) is 5.43 Å². The average molecular weight is 348 g/mol. The topological polar surface area (TPSA) is 63.8 Å². The molecule has 0 fully saturated rings. The molecule has 5 heteroatoms. The van der Waals surface area contributed by atoms with Gasteiger partial charge in [-0.15, -0.1) is 0 Å². The molecule has 1 N–H and O–H groups in total. The minimum atomic E-state index is -0.307. The van der Waals surface area contributed by atoms with Crippen molar-refractivity contribution in [3.63, 3.8) is 0 Å². The molecular weight excluding hydrogens is 328 g/mol. The SMILES string of the molecule is C/C(=N/NC(=O)c1ccoc1C)c1ccccc1OCc1ccccc1. The zero-order chi connectivity index (χ0) is 18.4. The van der Waals surface area contributed by atoms with E-state index >= 15 is 0 Å². The van der Waals surface area contributed by atoms with Crippen LogP contribution in [-0.2, 0) is 6.61 Å². The summed E-state index contributed by atoms with van der Waals surface area (Å²) in [6.45, 7) is 4.02. The number of carbonyl (C=O) groups is 1. The van der Waals surface area contributed by atoms with Crippen LogP contribution in [0.4, 0.5) is 0 Å². The fourth-order valence-electron chi connectivity index (χ4n) is 2.50. The van der Waals surface area contributed by atoms with Crippen molar-refractivity contribution < 1.29 is 13.9 Å². The van der Waals surface area contributed by atoms with Crippen LogP contribution >= 0.6 is 0 Å². The minimum absolute atomic E-state index is 0.307. The number of amides is 1. The van der Waals surface area contributed by atoms with Crippen LogP contribution in [-0.4, -0.2) is 11.6 Å². The summed E-state index contributed by atoms with van der Waals surface area (Å²) in [6, 6.07) is 19.2. The number of hydrogen-bond donors (Lipinski definition) is 1. The molecular formula is C21H20N2O3. The van der Waals surface area contributed by atoms with Gasteiger partial charge in [-0.05, 0) is 37.6 Å². The van der Waals surface area contributed by atoms with E-state index in [2.05, 4.69) is 10.5 Å². The van der Waals surface area contributed by atoms with E-state index in [-0.39, 0.29) is 5.91 Å². The molecule has 0 atom stereocenters. The summed E-state index contributed by atoms with van der Waals surface area (Å²) < 4.78 is 11.1. The second kappa shape index (κ2) is 8.16. The Kier molecular flexibility index (Phi) is 5.49. The van der Waals surface area contributed by atoms with Gasteiger partial charge in [-0.1, -0.05) is 42.5 Å². The van der Waals surface area contributed by atoms with E-state index < -0.39 is 0 Å². The van der Waals surface area contributed by atoms with Gasteiger partial charge in [0.2, 0.25) is 0 Å². The Morgan fingerprint density at radius 2 is 1.77 bits per heavy atom. The first-order chi connectivity index (χ1) is 12.6. The zero-order valence-electron chi connectivity index (χ0n) is 14.7. The summed E-state index contributed by atoms with van der Waals surface area (Å²) in [4.78, 5) is 12.1. The van der Waals surface area contributed by atoms with Gasteiger partial charge in [-0.2, -0.15) is 5.10 Å². The first-order valence-electron chi connectivity index (χ1n) is 8.30. The number of ether oxygens (including phenoxy) is 1. The van der Waals surface area contributed by atoms with Crippen molar-refractivity contribution in [1.29, 1.82) is 0 Å². The predicted octanol–water partition coefficient (Wildman–Crippen LogP) is 4.32. The molecule has 2 aromatic carbocycles. The van der Waals surface area contributed by atoms with Crippen LogP contribution < -0.4 is 10.2 Å². The molecule has 26 heavy (non-hydrogen) atoms. The molecule has 5 nitrogen and oxygen atoms in total. The van der Waals surface area contributed by atoms with E-state index in [1.807, 2.05) is 61.5 Å². The third-order valence-corrected chi connectivity index (χ3v) is 3.94. The van der Waals surface area contributed by atoms with E-state index in [1.54, 1.807) is 13.0 Å². The Bertz CT molecular complexity index is 914. The maximum atomic E-state index is 12.1. The molecule has 0 radical (unpaired) electrons. The van der Waals surface area contributed by atoms with Crippen molar-refractivity contribution in [1.82, 2.24) is 5.43 Å². The molecule has 0 bridgehead atoms. The lowest BCUT2D eigenvalue weighted by Crippen LogP contribution is -2.19. The lowest BCUT2D eigenvalue weighted by molar-refractivity contribution is 0.0953. The number of benzene rings is 2. The summed E-state index contributed by atoms with van der Waals surface area (Å²) >= 11 is 0. The quantitative estimate of drug-likeness (QED) is 0.533. The van der Waals surface area contributed by atoms with Crippen LogP contribution in [0.1, 0.15) is 34.2 Å². The van der Waals surface area contributed by atoms with Gasteiger partial charge in [0.05, 0.1) is 17.5 Å². The second-order valence-electron chi connectivity index (χ2n) is 5.80. The number of hydrogen-bond acceptors (Lipinski definition) is 4. The number of carbonyl (C=O) groups excluding carboxylic acids is 1.